The molecule has 1 heterocycles. The number of para-hydroxylation sites is 1. The lowest BCUT2D eigenvalue weighted by atomic mass is 10.2. The van der Waals surface area contributed by atoms with Gasteiger partial charge in [0.15, 0.2) is 5.69 Å². The number of fused-ring (bicyclic) bond motifs is 1. The van der Waals surface area contributed by atoms with Crippen LogP contribution >= 0.6 is 0 Å². The van der Waals surface area contributed by atoms with Crippen molar-refractivity contribution < 1.29 is 19.5 Å². The van der Waals surface area contributed by atoms with Gasteiger partial charge in [0.05, 0.1) is 38.3 Å². The minimum Gasteiger partial charge on any atom is -0.493 e. The lowest BCUT2D eigenvalue weighted by molar-refractivity contribution is -0.897. The van der Waals surface area contributed by atoms with E-state index >= 15 is 0 Å². The van der Waals surface area contributed by atoms with Gasteiger partial charge < -0.3 is 19.3 Å². The van der Waals surface area contributed by atoms with E-state index in [-0.39, 0.29) is 12.5 Å². The molecule has 1 amide bonds. The fourth-order valence-corrected chi connectivity index (χ4v) is 2.71. The van der Waals surface area contributed by atoms with Crippen molar-refractivity contribution in [2.75, 3.05) is 26.2 Å². The summed E-state index contributed by atoms with van der Waals surface area (Å²) in [6, 6.07) is 7.56. The van der Waals surface area contributed by atoms with Crippen molar-refractivity contribution in [1.82, 2.24) is 4.57 Å². The van der Waals surface area contributed by atoms with Crippen molar-refractivity contribution >= 4 is 22.7 Å². The molecule has 1 aromatic heterocycles. The highest BCUT2D eigenvalue weighted by Gasteiger charge is 2.17. The number of azo groups is 1. The number of benzene rings is 1. The van der Waals surface area contributed by atoms with Gasteiger partial charge in [-0.25, -0.2) is 4.79 Å². The number of quaternary nitrogens is 1. The van der Waals surface area contributed by atoms with Crippen molar-refractivity contribution in [3.8, 4) is 5.88 Å². The highest BCUT2D eigenvalue weighted by Crippen LogP contribution is 2.38. The van der Waals surface area contributed by atoms with Crippen LogP contribution in [0.4, 0.5) is 10.5 Å². The Hall–Kier alpha value is -2.41. The molecule has 0 aliphatic carbocycles. The van der Waals surface area contributed by atoms with Crippen LogP contribution in [0.3, 0.4) is 0 Å². The van der Waals surface area contributed by atoms with Gasteiger partial charge in [-0.1, -0.05) is 23.3 Å². The first-order valence-electron chi connectivity index (χ1n) is 8.34. The van der Waals surface area contributed by atoms with Crippen LogP contribution in [-0.2, 0) is 11.3 Å². The molecule has 0 bridgehead atoms. The van der Waals surface area contributed by atoms with E-state index in [4.69, 9.17) is 4.74 Å². The summed E-state index contributed by atoms with van der Waals surface area (Å²) in [7, 11) is 0. The van der Waals surface area contributed by atoms with Crippen LogP contribution in [0.15, 0.2) is 34.5 Å². The van der Waals surface area contributed by atoms with Crippen LogP contribution in [0.2, 0.25) is 0 Å². The summed E-state index contributed by atoms with van der Waals surface area (Å²) in [5.41, 5.74) is 1.17. The lowest BCUT2D eigenvalue weighted by Crippen LogP contribution is -3.11. The van der Waals surface area contributed by atoms with Crippen LogP contribution in [-0.4, -0.2) is 42.0 Å². The minimum atomic E-state index is -0.763. The van der Waals surface area contributed by atoms with E-state index in [1.54, 1.807) is 6.92 Å². The number of nitrogens with zero attached hydrogens (tertiary/aromatic N) is 3. The standard InChI is InChI=1S/C17H24N4O3/c1-4-20(5-2)11-12-21-14-10-8-7-9-13(14)15(16(21)22)18-19-17(23)24-6-3/h7-10,22H,4-6,11-12H2,1-3H3/p+1. The average molecular weight is 333 g/mol. The Labute approximate surface area is 141 Å². The molecule has 0 atom stereocenters. The van der Waals surface area contributed by atoms with Crippen LogP contribution in [0.1, 0.15) is 20.8 Å². The Bertz CT molecular complexity index is 720. The van der Waals surface area contributed by atoms with Crippen molar-refractivity contribution in [3.05, 3.63) is 24.3 Å². The van der Waals surface area contributed by atoms with Gasteiger partial charge in [-0.15, -0.1) is 5.11 Å². The summed E-state index contributed by atoms with van der Waals surface area (Å²) in [6.45, 7) is 9.85. The minimum absolute atomic E-state index is 0.0239. The normalized spacial score (nSPS) is 11.7. The summed E-state index contributed by atoms with van der Waals surface area (Å²) in [4.78, 5) is 12.8. The highest BCUT2D eigenvalue weighted by molar-refractivity contribution is 5.95. The molecule has 0 aliphatic heterocycles. The van der Waals surface area contributed by atoms with Gasteiger partial charge in [0.25, 0.3) is 0 Å². The van der Waals surface area contributed by atoms with Crippen molar-refractivity contribution in [2.24, 2.45) is 10.2 Å². The van der Waals surface area contributed by atoms with Gasteiger partial charge in [-0.05, 0) is 26.8 Å². The molecule has 0 spiro atoms. The molecule has 130 valence electrons. The van der Waals surface area contributed by atoms with E-state index in [9.17, 15) is 9.90 Å². The third-order valence-electron chi connectivity index (χ3n) is 4.11. The number of aromatic nitrogens is 1. The second-order valence-corrected chi connectivity index (χ2v) is 5.45. The number of hydrogen-bond donors (Lipinski definition) is 2. The molecule has 0 aliphatic rings. The Morgan fingerprint density at radius 1 is 1.25 bits per heavy atom. The largest absolute Gasteiger partial charge is 0.493 e. The molecule has 2 aromatic rings. The maximum Gasteiger partial charge on any atom is 0.452 e. The molecule has 1 aromatic carbocycles. The number of nitrogens with one attached hydrogen (secondary N) is 1. The van der Waals surface area contributed by atoms with Gasteiger partial charge in [0.1, 0.15) is 0 Å². The van der Waals surface area contributed by atoms with Crippen molar-refractivity contribution in [2.45, 2.75) is 27.3 Å². The molecule has 0 unspecified atom stereocenters. The van der Waals surface area contributed by atoms with E-state index in [1.165, 1.54) is 4.90 Å². The van der Waals surface area contributed by atoms with Gasteiger partial charge in [-0.2, -0.15) is 0 Å². The molecule has 24 heavy (non-hydrogen) atoms. The van der Waals surface area contributed by atoms with E-state index in [1.807, 2.05) is 28.8 Å². The quantitative estimate of drug-likeness (QED) is 0.764. The third kappa shape index (κ3) is 3.91. The van der Waals surface area contributed by atoms with E-state index in [2.05, 4.69) is 24.1 Å². The van der Waals surface area contributed by atoms with Gasteiger partial charge >= 0.3 is 6.09 Å². The molecule has 7 nitrogen and oxygen atoms in total. The second kappa shape index (κ2) is 8.44. The maximum absolute atomic E-state index is 11.4. The van der Waals surface area contributed by atoms with Crippen LogP contribution in [0, 0.1) is 0 Å². The van der Waals surface area contributed by atoms with Gasteiger partial charge in [-0.3, -0.25) is 0 Å². The smallest absolute Gasteiger partial charge is 0.452 e. The Kier molecular flexibility index (Phi) is 6.31. The monoisotopic (exact) mass is 333 g/mol. The number of rotatable bonds is 7. The van der Waals surface area contributed by atoms with Gasteiger partial charge in [0.2, 0.25) is 5.88 Å². The summed E-state index contributed by atoms with van der Waals surface area (Å²) in [5.74, 6) is 0.0239. The predicted molar refractivity (Wildman–Crippen MR) is 92.1 cm³/mol. The van der Waals surface area contributed by atoms with Crippen LogP contribution in [0.5, 0.6) is 5.88 Å². The average Bonchev–Trinajstić information content (AvgIpc) is 2.86. The first kappa shape index (κ1) is 17.9. The molecule has 7 heteroatoms. The summed E-state index contributed by atoms with van der Waals surface area (Å²) >= 11 is 0. The Morgan fingerprint density at radius 3 is 2.62 bits per heavy atom. The molecule has 2 N–H and O–H groups in total. The zero-order valence-electron chi connectivity index (χ0n) is 14.5. The van der Waals surface area contributed by atoms with E-state index < -0.39 is 6.09 Å². The second-order valence-electron chi connectivity index (χ2n) is 5.45. The topological polar surface area (TPSA) is 80.6 Å². The molecule has 0 radical (unpaired) electrons. The number of aromatic hydroxyl groups is 1. The SMILES string of the molecule is CCOC(=O)N=Nc1c(O)n(CC[NH+](CC)CC)c2ccccc12. The molecule has 0 saturated carbocycles. The fourth-order valence-electron chi connectivity index (χ4n) is 2.71. The lowest BCUT2D eigenvalue weighted by Gasteiger charge is -2.16. The number of hydrogen-bond acceptors (Lipinski definition) is 4. The summed E-state index contributed by atoms with van der Waals surface area (Å²) < 4.78 is 6.56. The number of likely N-dealkylation sites (N-methyl/N-ethyl adjacent to an activating group) is 1. The molecular weight excluding hydrogens is 308 g/mol. The van der Waals surface area contributed by atoms with Crippen molar-refractivity contribution in [1.29, 1.82) is 0 Å². The number of ether oxygens (including phenoxy) is 1. The molecule has 0 saturated heterocycles. The fraction of sp³-hybridized carbons (Fsp3) is 0.471. The maximum atomic E-state index is 11.4. The van der Waals surface area contributed by atoms with Crippen LogP contribution < -0.4 is 4.90 Å². The van der Waals surface area contributed by atoms with E-state index in [0.29, 0.717) is 12.2 Å². The molecular formula is C17H25N4O3+. The Morgan fingerprint density at radius 2 is 1.96 bits per heavy atom. The van der Waals surface area contributed by atoms with E-state index in [0.717, 1.165) is 30.5 Å². The zero-order valence-corrected chi connectivity index (χ0v) is 14.5. The number of carbonyl (C=O) groups excluding carboxylic acids is 1. The van der Waals surface area contributed by atoms with Crippen molar-refractivity contribution in [3.63, 3.8) is 0 Å². The van der Waals surface area contributed by atoms with Gasteiger partial charge in [0, 0.05) is 5.39 Å². The summed E-state index contributed by atoms with van der Waals surface area (Å²) in [6.07, 6.45) is -0.763. The first-order chi connectivity index (χ1) is 11.6. The van der Waals surface area contributed by atoms with Crippen LogP contribution in [0.25, 0.3) is 10.9 Å². The summed E-state index contributed by atoms with van der Waals surface area (Å²) in [5, 5.41) is 18.8. The zero-order chi connectivity index (χ0) is 17.5. The first-order valence-corrected chi connectivity index (χ1v) is 8.34. The number of carbonyl (C=O) groups is 1. The Balaban J connectivity index is 2.35. The molecule has 0 fully saturated rings. The predicted octanol–water partition coefficient (Wildman–Crippen LogP) is 2.51. The number of amides is 1. The third-order valence-corrected chi connectivity index (χ3v) is 4.11. The highest BCUT2D eigenvalue weighted by atomic mass is 16.5. The molecule has 2 rings (SSSR count).